The number of nitrogens with zero attached hydrogens (tertiary/aromatic N) is 3. The number of carbonyl (C=O) groups excluding carboxylic acids is 2. The third-order valence-corrected chi connectivity index (χ3v) is 4.41. The summed E-state index contributed by atoms with van der Waals surface area (Å²) in [6.45, 7) is -0.420. The highest BCUT2D eigenvalue weighted by atomic mass is 16.4. The number of carboxylic acids is 1. The molecule has 0 radical (unpaired) electrons. The number of hydrogen-bond acceptors (Lipinski definition) is 5. The van der Waals surface area contributed by atoms with E-state index in [0.29, 0.717) is 16.8 Å². The van der Waals surface area contributed by atoms with Gasteiger partial charge >= 0.3 is 23.9 Å². The van der Waals surface area contributed by atoms with Gasteiger partial charge in [-0.25, -0.2) is 9.79 Å². The predicted molar refractivity (Wildman–Crippen MR) is 121 cm³/mol. The number of aliphatic imine (C=N–C) groups is 1. The number of aromatic nitrogens is 1. The summed E-state index contributed by atoms with van der Waals surface area (Å²) < 4.78 is 1.29. The van der Waals surface area contributed by atoms with Crippen LogP contribution in [0, 0.1) is 6.07 Å². The molecule has 3 aromatic rings. The number of carbonyl (C=O) groups is 3. The summed E-state index contributed by atoms with van der Waals surface area (Å²) in [7, 11) is 0. The minimum absolute atomic E-state index is 0.000639. The Morgan fingerprint density at radius 2 is 1.82 bits per heavy atom. The van der Waals surface area contributed by atoms with Gasteiger partial charge in [0.2, 0.25) is 0 Å². The molecule has 0 unspecified atom stereocenters. The number of guanidine groups is 1. The molecule has 11 heteroatoms. The number of pyridine rings is 2. The minimum atomic E-state index is -1.45. The molecule has 6 N–H and O–H groups in total. The first-order chi connectivity index (χ1) is 15.7. The van der Waals surface area contributed by atoms with E-state index in [9.17, 15) is 24.3 Å². The smallest absolute Gasteiger partial charge is 0.394 e. The lowest BCUT2D eigenvalue weighted by Gasteiger charge is -2.06. The van der Waals surface area contributed by atoms with Gasteiger partial charge in [0.1, 0.15) is 6.54 Å². The van der Waals surface area contributed by atoms with Crippen LogP contribution in [0.1, 0.15) is 20.7 Å². The molecule has 0 saturated carbocycles. The van der Waals surface area contributed by atoms with Crippen LogP contribution in [0.25, 0.3) is 10.4 Å². The molecule has 0 spiro atoms. The van der Waals surface area contributed by atoms with Crippen molar-refractivity contribution in [3.05, 3.63) is 87.1 Å². The van der Waals surface area contributed by atoms with Gasteiger partial charge < -0.3 is 21.9 Å². The van der Waals surface area contributed by atoms with E-state index in [1.165, 1.54) is 28.8 Å². The standard InChI is InChI=1S/C22H18N6O5/c23-22(24)27-15-6-7-28-16(10-15)8-14(9-19(28)30)20(31)26-11-17(21(32)33)25-12-18(29)13-4-2-1-3-5-13/h1-10,17H,11H2,(H5-,23,24,26,27,30,31,32,33)/p+1/t17-/m0/s1. The maximum absolute atomic E-state index is 12.5. The number of ketones is 1. The molecule has 0 bridgehead atoms. The molecule has 2 aromatic heterocycles. The Morgan fingerprint density at radius 1 is 1.09 bits per heavy atom. The van der Waals surface area contributed by atoms with Crippen LogP contribution in [0.15, 0.2) is 70.6 Å². The van der Waals surface area contributed by atoms with Crippen molar-refractivity contribution in [2.45, 2.75) is 6.04 Å². The fraction of sp³-hybridized carbons (Fsp3) is 0.0909. The zero-order chi connectivity index (χ0) is 24.0. The molecule has 166 valence electrons. The summed E-state index contributed by atoms with van der Waals surface area (Å²) in [4.78, 5) is 55.9. The van der Waals surface area contributed by atoms with Gasteiger partial charge in [-0.2, -0.15) is 0 Å². The molecular formula is C22H19N6O5+. The largest absolute Gasteiger partial charge is 0.475 e. The number of amides is 1. The average Bonchev–Trinajstić information content (AvgIpc) is 2.78. The third-order valence-electron chi connectivity index (χ3n) is 4.41. The Bertz CT molecular complexity index is 1380. The normalized spacial score (nSPS) is 11.0. The van der Waals surface area contributed by atoms with Gasteiger partial charge in [-0.15, -0.1) is 0 Å². The van der Waals surface area contributed by atoms with Gasteiger partial charge in [-0.05, 0) is 18.2 Å². The number of rotatable bonds is 6. The van der Waals surface area contributed by atoms with Gasteiger partial charge in [0, 0.05) is 23.4 Å². The predicted octanol–water partition coefficient (Wildman–Crippen LogP) is 0.603. The Morgan fingerprint density at radius 3 is 2.48 bits per heavy atom. The Hall–Kier alpha value is -4.98. The van der Waals surface area contributed by atoms with E-state index in [0.717, 1.165) is 6.07 Å². The molecule has 0 saturated heterocycles. The van der Waals surface area contributed by atoms with Crippen LogP contribution in [-0.4, -0.2) is 45.7 Å². The van der Waals surface area contributed by atoms with Crippen LogP contribution >= 0.6 is 0 Å². The van der Waals surface area contributed by atoms with E-state index < -0.39 is 35.8 Å². The molecule has 2 heterocycles. The van der Waals surface area contributed by atoms with Crippen LogP contribution in [-0.2, 0) is 4.79 Å². The fourth-order valence-electron chi connectivity index (χ4n) is 2.84. The van der Waals surface area contributed by atoms with Gasteiger partial charge in [-0.3, -0.25) is 18.8 Å². The molecule has 0 aliphatic heterocycles. The molecule has 1 atom stereocenters. The molecule has 33 heavy (non-hydrogen) atoms. The van der Waals surface area contributed by atoms with Crippen molar-refractivity contribution in [2.75, 3.05) is 6.54 Å². The first-order valence-corrected chi connectivity index (χ1v) is 9.57. The molecule has 0 aliphatic rings. The van der Waals surface area contributed by atoms with E-state index in [1.807, 2.05) is 0 Å². The Labute approximate surface area is 186 Å². The van der Waals surface area contributed by atoms with Crippen molar-refractivity contribution in [1.82, 2.24) is 9.72 Å². The fourth-order valence-corrected chi connectivity index (χ4v) is 2.84. The molecule has 11 nitrogen and oxygen atoms in total. The second-order valence-electron chi connectivity index (χ2n) is 6.80. The first-order valence-electron chi connectivity index (χ1n) is 9.57. The van der Waals surface area contributed by atoms with Crippen molar-refractivity contribution in [1.29, 1.82) is 0 Å². The van der Waals surface area contributed by atoms with Gasteiger partial charge in [-0.1, -0.05) is 35.2 Å². The molecular weight excluding hydrogens is 428 g/mol. The third kappa shape index (κ3) is 5.80. The second kappa shape index (κ2) is 9.88. The zero-order valence-electron chi connectivity index (χ0n) is 17.1. The Kier molecular flexibility index (Phi) is 6.80. The summed E-state index contributed by atoms with van der Waals surface area (Å²) in [6, 6.07) is 14.4. The number of benzene rings is 1. The minimum Gasteiger partial charge on any atom is -0.475 e. The number of nitrogens with two attached hydrogens (primary N) is 2. The highest BCUT2D eigenvalue weighted by Crippen LogP contribution is 2.15. The SMILES string of the molecule is NC(N)=Nc1ccn2c(=O)cc(C(=O)NC[C@H]([N+]#CC(=O)c3ccccc3)C(=O)O)cc2c1. The average molecular weight is 447 g/mol. The van der Waals surface area contributed by atoms with Crippen LogP contribution in [0.3, 0.4) is 0 Å². The van der Waals surface area contributed by atoms with E-state index in [1.54, 1.807) is 30.3 Å². The van der Waals surface area contributed by atoms with E-state index >= 15 is 0 Å². The number of fused-ring (bicyclic) bond motifs is 1. The van der Waals surface area contributed by atoms with Gasteiger partial charge in [0.05, 0.1) is 11.2 Å². The van der Waals surface area contributed by atoms with Crippen LogP contribution in [0.5, 0.6) is 0 Å². The van der Waals surface area contributed by atoms with E-state index in [-0.39, 0.29) is 11.5 Å². The van der Waals surface area contributed by atoms with Crippen molar-refractivity contribution >= 4 is 34.8 Å². The lowest BCUT2D eigenvalue weighted by Crippen LogP contribution is -2.35. The lowest BCUT2D eigenvalue weighted by atomic mass is 10.1. The summed E-state index contributed by atoms with van der Waals surface area (Å²) in [5.74, 6) is -2.81. The Balaban J connectivity index is 1.77. The van der Waals surface area contributed by atoms with Crippen molar-refractivity contribution < 1.29 is 19.5 Å². The number of nitrogens with one attached hydrogen (secondary N) is 1. The highest BCUT2D eigenvalue weighted by molar-refractivity contribution is 6.08. The number of carboxylic acid groups (broad SMARTS) is 1. The van der Waals surface area contributed by atoms with Gasteiger partial charge in [0.15, 0.2) is 5.96 Å². The number of hydrogen-bond donors (Lipinski definition) is 4. The molecule has 1 aromatic carbocycles. The van der Waals surface area contributed by atoms with Gasteiger partial charge in [0.25, 0.3) is 11.5 Å². The second-order valence-corrected chi connectivity index (χ2v) is 6.80. The molecule has 0 fully saturated rings. The molecule has 3 rings (SSSR count). The summed E-state index contributed by atoms with van der Waals surface area (Å²) in [5, 5.41) is 11.7. The van der Waals surface area contributed by atoms with E-state index in [2.05, 4.69) is 21.2 Å². The van der Waals surface area contributed by atoms with E-state index in [4.69, 9.17) is 11.5 Å². The molecule has 1 amide bonds. The molecule has 0 aliphatic carbocycles. The maximum Gasteiger partial charge on any atom is 0.394 e. The first kappa shape index (κ1) is 22.7. The topological polar surface area (TPSA) is 174 Å². The van der Waals surface area contributed by atoms with Crippen molar-refractivity contribution in [2.24, 2.45) is 16.5 Å². The summed E-state index contributed by atoms with van der Waals surface area (Å²) >= 11 is 0. The summed E-state index contributed by atoms with van der Waals surface area (Å²) in [5.41, 5.74) is 11.3. The van der Waals surface area contributed by atoms with Crippen LogP contribution < -0.4 is 22.3 Å². The number of aliphatic carboxylic acids is 1. The number of Topliss-reactive ketones (excluding diaryl/α,β-unsaturated/α-hetero) is 1. The monoisotopic (exact) mass is 447 g/mol. The summed E-state index contributed by atoms with van der Waals surface area (Å²) in [6.07, 6.45) is 1.45. The van der Waals surface area contributed by atoms with Crippen LogP contribution in [0.2, 0.25) is 0 Å². The highest BCUT2D eigenvalue weighted by Gasteiger charge is 2.28. The van der Waals surface area contributed by atoms with Crippen LogP contribution in [0.4, 0.5) is 5.69 Å². The van der Waals surface area contributed by atoms with Crippen molar-refractivity contribution in [3.63, 3.8) is 0 Å². The van der Waals surface area contributed by atoms with Crippen molar-refractivity contribution in [3.8, 4) is 6.07 Å². The maximum atomic E-state index is 12.5. The quantitative estimate of drug-likeness (QED) is 0.185. The lowest BCUT2D eigenvalue weighted by molar-refractivity contribution is -0.137. The zero-order valence-corrected chi connectivity index (χ0v) is 17.1.